The Labute approximate surface area is 199 Å². The van der Waals surface area contributed by atoms with Gasteiger partial charge in [-0.05, 0) is 24.3 Å². The molecule has 0 aliphatic carbocycles. The SMILES string of the molecule is O=C(N1CCN(C2COC2)CC1)N(Cc1ccc(-c2nnc(C(F)(F)F)o2)cn1)c1ccccc1. The molecule has 12 heteroatoms. The van der Waals surface area contributed by atoms with Gasteiger partial charge in [-0.3, -0.25) is 14.8 Å². The van der Waals surface area contributed by atoms with Crippen molar-refractivity contribution >= 4 is 11.7 Å². The van der Waals surface area contributed by atoms with E-state index in [0.717, 1.165) is 32.0 Å². The quantitative estimate of drug-likeness (QED) is 0.545. The third kappa shape index (κ3) is 5.13. The molecule has 2 aliphatic rings. The van der Waals surface area contributed by atoms with Gasteiger partial charge in [-0.1, -0.05) is 18.2 Å². The number of benzene rings is 1. The lowest BCUT2D eigenvalue weighted by Crippen LogP contribution is -2.59. The zero-order valence-electron chi connectivity index (χ0n) is 18.7. The first kappa shape index (κ1) is 23.2. The number of hydrogen-bond acceptors (Lipinski definition) is 7. The van der Waals surface area contributed by atoms with E-state index in [1.54, 1.807) is 17.0 Å². The number of rotatable bonds is 5. The number of anilines is 1. The van der Waals surface area contributed by atoms with Gasteiger partial charge in [0.15, 0.2) is 0 Å². The molecule has 3 aromatic rings. The molecule has 0 unspecified atom stereocenters. The number of halogens is 3. The molecule has 5 rings (SSSR count). The Bertz CT molecular complexity index is 1140. The third-order valence-corrected chi connectivity index (χ3v) is 6.08. The molecule has 0 atom stereocenters. The number of hydrogen-bond donors (Lipinski definition) is 0. The minimum atomic E-state index is -4.72. The van der Waals surface area contributed by atoms with E-state index >= 15 is 0 Å². The molecule has 35 heavy (non-hydrogen) atoms. The first-order valence-electron chi connectivity index (χ1n) is 11.2. The minimum absolute atomic E-state index is 0.127. The van der Waals surface area contributed by atoms with Crippen LogP contribution in [0.2, 0.25) is 0 Å². The van der Waals surface area contributed by atoms with Crippen LogP contribution >= 0.6 is 0 Å². The Morgan fingerprint density at radius 2 is 1.77 bits per heavy atom. The van der Waals surface area contributed by atoms with Gasteiger partial charge < -0.3 is 14.1 Å². The van der Waals surface area contributed by atoms with Gasteiger partial charge in [0.05, 0.1) is 37.1 Å². The molecule has 0 spiro atoms. The Morgan fingerprint density at radius 3 is 2.34 bits per heavy atom. The Balaban J connectivity index is 1.30. The molecule has 2 saturated heterocycles. The molecule has 184 valence electrons. The summed E-state index contributed by atoms with van der Waals surface area (Å²) in [7, 11) is 0. The molecule has 1 aromatic carbocycles. The highest BCUT2D eigenvalue weighted by Crippen LogP contribution is 2.30. The number of aromatic nitrogens is 3. The fourth-order valence-corrected chi connectivity index (χ4v) is 4.02. The van der Waals surface area contributed by atoms with E-state index < -0.39 is 12.1 Å². The summed E-state index contributed by atoms with van der Waals surface area (Å²) in [4.78, 5) is 23.6. The number of urea groups is 1. The van der Waals surface area contributed by atoms with Crippen molar-refractivity contribution in [3.63, 3.8) is 0 Å². The third-order valence-electron chi connectivity index (χ3n) is 6.08. The molecule has 0 bridgehead atoms. The molecule has 4 heterocycles. The van der Waals surface area contributed by atoms with E-state index in [1.165, 1.54) is 6.20 Å². The zero-order valence-corrected chi connectivity index (χ0v) is 18.7. The van der Waals surface area contributed by atoms with Crippen LogP contribution < -0.4 is 4.90 Å². The van der Waals surface area contributed by atoms with Crippen LogP contribution in [0.3, 0.4) is 0 Å². The predicted molar refractivity (Wildman–Crippen MR) is 118 cm³/mol. The van der Waals surface area contributed by atoms with Crippen molar-refractivity contribution in [2.24, 2.45) is 0 Å². The topological polar surface area (TPSA) is 87.8 Å². The summed E-state index contributed by atoms with van der Waals surface area (Å²) in [5, 5.41) is 6.49. The van der Waals surface area contributed by atoms with E-state index in [2.05, 4.69) is 20.1 Å². The maximum Gasteiger partial charge on any atom is 0.470 e. The molecule has 2 amide bonds. The summed E-state index contributed by atoms with van der Waals surface area (Å²) in [5.74, 6) is -1.69. The highest BCUT2D eigenvalue weighted by Gasteiger charge is 2.38. The van der Waals surface area contributed by atoms with Gasteiger partial charge >= 0.3 is 18.1 Å². The van der Waals surface area contributed by atoms with Gasteiger partial charge in [-0.15, -0.1) is 10.2 Å². The van der Waals surface area contributed by atoms with Gasteiger partial charge in [0, 0.05) is 38.1 Å². The number of ether oxygens (including phenoxy) is 1. The van der Waals surface area contributed by atoms with Crippen molar-refractivity contribution in [1.29, 1.82) is 0 Å². The van der Waals surface area contributed by atoms with Gasteiger partial charge in [0.2, 0.25) is 5.89 Å². The standard InChI is InChI=1S/C23H23F3N6O3/c24-23(25,26)21-29-28-20(35-21)16-6-7-17(27-12-16)13-32(18-4-2-1-3-5-18)22(33)31-10-8-30(9-11-31)19-14-34-15-19/h1-7,12,19H,8-11,13-15H2. The Kier molecular flexibility index (Phi) is 6.39. The fourth-order valence-electron chi connectivity index (χ4n) is 4.02. The Hall–Kier alpha value is -3.51. The van der Waals surface area contributed by atoms with E-state index in [4.69, 9.17) is 9.15 Å². The Morgan fingerprint density at radius 1 is 1.03 bits per heavy atom. The van der Waals surface area contributed by atoms with Crippen LogP contribution in [0.25, 0.3) is 11.5 Å². The summed E-state index contributed by atoms with van der Waals surface area (Å²) in [6.07, 6.45) is -3.36. The summed E-state index contributed by atoms with van der Waals surface area (Å²) in [5.41, 5.74) is 1.54. The van der Waals surface area contributed by atoms with Crippen molar-refractivity contribution in [3.8, 4) is 11.5 Å². The normalized spacial score (nSPS) is 17.3. The number of nitrogens with zero attached hydrogens (tertiary/aromatic N) is 6. The molecular formula is C23H23F3N6O3. The van der Waals surface area contributed by atoms with E-state index in [1.807, 2.05) is 35.2 Å². The summed E-state index contributed by atoms with van der Waals surface area (Å²) in [6.45, 7) is 4.49. The van der Waals surface area contributed by atoms with Crippen LogP contribution in [0.5, 0.6) is 0 Å². The van der Waals surface area contributed by atoms with Crippen LogP contribution in [0.15, 0.2) is 53.1 Å². The summed E-state index contributed by atoms with van der Waals surface area (Å²) >= 11 is 0. The lowest BCUT2D eigenvalue weighted by Gasteiger charge is -2.43. The van der Waals surface area contributed by atoms with Crippen molar-refractivity contribution in [2.75, 3.05) is 44.3 Å². The second kappa shape index (κ2) is 9.62. The zero-order chi connectivity index (χ0) is 24.4. The molecule has 2 aromatic heterocycles. The van der Waals surface area contributed by atoms with Gasteiger partial charge in [0.1, 0.15) is 0 Å². The van der Waals surface area contributed by atoms with E-state index in [-0.39, 0.29) is 24.0 Å². The molecule has 2 aliphatic heterocycles. The molecule has 0 saturated carbocycles. The van der Waals surface area contributed by atoms with E-state index in [0.29, 0.717) is 24.8 Å². The highest BCUT2D eigenvalue weighted by atomic mass is 19.4. The maximum atomic E-state index is 13.5. The van der Waals surface area contributed by atoms with E-state index in [9.17, 15) is 18.0 Å². The lowest BCUT2D eigenvalue weighted by molar-refractivity contribution is -0.156. The highest BCUT2D eigenvalue weighted by molar-refractivity contribution is 5.92. The summed E-state index contributed by atoms with van der Waals surface area (Å²) < 4.78 is 48.2. The molecule has 0 radical (unpaired) electrons. The maximum absolute atomic E-state index is 13.5. The molecule has 9 nitrogen and oxygen atoms in total. The number of piperazine rings is 1. The average molecular weight is 488 g/mol. The summed E-state index contributed by atoms with van der Waals surface area (Å²) in [6, 6.07) is 12.8. The molecule has 0 N–H and O–H groups in total. The van der Waals surface area contributed by atoms with Gasteiger partial charge in [-0.25, -0.2) is 4.79 Å². The minimum Gasteiger partial charge on any atom is -0.413 e. The van der Waals surface area contributed by atoms with Crippen molar-refractivity contribution < 1.29 is 27.1 Å². The lowest BCUT2D eigenvalue weighted by atomic mass is 10.2. The van der Waals surface area contributed by atoms with Crippen molar-refractivity contribution in [3.05, 3.63) is 60.2 Å². The van der Waals surface area contributed by atoms with Crippen LogP contribution in [-0.2, 0) is 17.5 Å². The number of amides is 2. The van der Waals surface area contributed by atoms with Gasteiger partial charge in [0.25, 0.3) is 0 Å². The van der Waals surface area contributed by atoms with Crippen LogP contribution in [0.4, 0.5) is 23.7 Å². The van der Waals surface area contributed by atoms with Crippen LogP contribution in [-0.4, -0.2) is 76.4 Å². The fraction of sp³-hybridized carbons (Fsp3) is 0.391. The smallest absolute Gasteiger partial charge is 0.413 e. The number of pyridine rings is 1. The van der Waals surface area contributed by atoms with Gasteiger partial charge in [-0.2, -0.15) is 13.2 Å². The van der Waals surface area contributed by atoms with Crippen LogP contribution in [0, 0.1) is 0 Å². The molecule has 2 fully saturated rings. The number of carbonyl (C=O) groups is 1. The average Bonchev–Trinajstić information content (AvgIpc) is 3.34. The first-order chi connectivity index (χ1) is 16.9. The molecular weight excluding hydrogens is 465 g/mol. The van der Waals surface area contributed by atoms with Crippen molar-refractivity contribution in [2.45, 2.75) is 18.8 Å². The first-order valence-corrected chi connectivity index (χ1v) is 11.2. The number of carbonyl (C=O) groups excluding carboxylic acids is 1. The second-order valence-electron chi connectivity index (χ2n) is 8.37. The second-order valence-corrected chi connectivity index (χ2v) is 8.37. The largest absolute Gasteiger partial charge is 0.470 e. The monoisotopic (exact) mass is 488 g/mol. The number of para-hydroxylation sites is 1. The van der Waals surface area contributed by atoms with Crippen molar-refractivity contribution in [1.82, 2.24) is 25.0 Å². The predicted octanol–water partition coefficient (Wildman–Crippen LogP) is 3.29. The number of alkyl halides is 3. The van der Waals surface area contributed by atoms with Crippen LogP contribution in [0.1, 0.15) is 11.6 Å².